The zero-order chi connectivity index (χ0) is 13.5. The largest absolute Gasteiger partial charge is 0.368 e. The molecule has 0 fully saturated rings. The Labute approximate surface area is 117 Å². The predicted molar refractivity (Wildman–Crippen MR) is 75.3 cm³/mol. The fourth-order valence-corrected chi connectivity index (χ4v) is 1.68. The number of halogens is 2. The molecule has 98 valence electrons. The third kappa shape index (κ3) is 4.69. The molecule has 0 spiro atoms. The zero-order valence-corrected chi connectivity index (χ0v) is 11.6. The number of carbonyl (C=O) groups is 1. The van der Waals surface area contributed by atoms with Gasteiger partial charge in [-0.3, -0.25) is 4.79 Å². The Morgan fingerprint density at radius 1 is 1.56 bits per heavy atom. The topological polar surface area (TPSA) is 38.3 Å². The van der Waals surface area contributed by atoms with E-state index in [1.165, 1.54) is 0 Å². The van der Waals surface area contributed by atoms with E-state index in [-0.39, 0.29) is 5.91 Å². The molecule has 0 aromatic heterocycles. The van der Waals surface area contributed by atoms with Crippen molar-refractivity contribution in [2.75, 3.05) is 11.9 Å². The van der Waals surface area contributed by atoms with Crippen molar-refractivity contribution in [1.29, 1.82) is 0 Å². The number of amides is 1. The van der Waals surface area contributed by atoms with Gasteiger partial charge >= 0.3 is 0 Å². The van der Waals surface area contributed by atoms with Gasteiger partial charge < -0.3 is 10.1 Å². The molecular formula is C13H15Cl2NO2. The maximum Gasteiger partial charge on any atom is 0.253 e. The molecule has 5 heteroatoms. The van der Waals surface area contributed by atoms with Crippen LogP contribution in [0.1, 0.15) is 13.3 Å². The average molecular weight is 288 g/mol. The van der Waals surface area contributed by atoms with Crippen LogP contribution in [0.5, 0.6) is 0 Å². The van der Waals surface area contributed by atoms with Gasteiger partial charge in [0.2, 0.25) is 0 Å². The first-order valence-corrected chi connectivity index (χ1v) is 6.28. The fourth-order valence-electron chi connectivity index (χ4n) is 1.23. The van der Waals surface area contributed by atoms with Gasteiger partial charge in [0.15, 0.2) is 0 Å². The second-order valence-corrected chi connectivity index (χ2v) is 4.55. The molecule has 0 aliphatic carbocycles. The molecule has 1 N–H and O–H groups in total. The Kier molecular flexibility index (Phi) is 6.19. The van der Waals surface area contributed by atoms with Crippen LogP contribution in [0.3, 0.4) is 0 Å². The van der Waals surface area contributed by atoms with E-state index in [4.69, 9.17) is 27.9 Å². The minimum atomic E-state index is -0.545. The van der Waals surface area contributed by atoms with E-state index in [2.05, 4.69) is 11.9 Å². The molecule has 1 aromatic rings. The Hall–Kier alpha value is -1.03. The molecule has 0 saturated carbocycles. The Morgan fingerprint density at radius 3 is 2.89 bits per heavy atom. The van der Waals surface area contributed by atoms with Crippen molar-refractivity contribution in [2.45, 2.75) is 19.4 Å². The van der Waals surface area contributed by atoms with Crippen LogP contribution >= 0.6 is 23.2 Å². The summed E-state index contributed by atoms with van der Waals surface area (Å²) in [5.74, 6) is -0.247. The first-order chi connectivity index (χ1) is 8.54. The minimum Gasteiger partial charge on any atom is -0.368 e. The molecule has 0 radical (unpaired) electrons. The second-order valence-electron chi connectivity index (χ2n) is 3.70. The van der Waals surface area contributed by atoms with Crippen molar-refractivity contribution in [2.24, 2.45) is 0 Å². The van der Waals surface area contributed by atoms with Gasteiger partial charge in [0.25, 0.3) is 5.91 Å². The molecule has 3 nitrogen and oxygen atoms in total. The highest BCUT2D eigenvalue weighted by molar-refractivity contribution is 6.36. The lowest BCUT2D eigenvalue weighted by atomic mass is 10.3. The summed E-state index contributed by atoms with van der Waals surface area (Å²) in [7, 11) is 0. The monoisotopic (exact) mass is 287 g/mol. The molecule has 0 aliphatic rings. The molecule has 0 heterocycles. The first kappa shape index (κ1) is 15.0. The van der Waals surface area contributed by atoms with Crippen LogP contribution < -0.4 is 5.32 Å². The van der Waals surface area contributed by atoms with E-state index in [1.54, 1.807) is 31.2 Å². The van der Waals surface area contributed by atoms with Crippen LogP contribution in [0.25, 0.3) is 0 Å². The Bertz CT molecular complexity index is 435. The van der Waals surface area contributed by atoms with Gasteiger partial charge in [0, 0.05) is 5.02 Å². The Balaban J connectivity index is 2.55. The molecule has 1 atom stereocenters. The van der Waals surface area contributed by atoms with Crippen LogP contribution in [-0.4, -0.2) is 18.6 Å². The molecule has 18 heavy (non-hydrogen) atoms. The molecule has 1 rings (SSSR count). The SMILES string of the molecule is C=CCCOC(C)C(=O)Nc1ccc(Cl)cc1Cl. The van der Waals surface area contributed by atoms with E-state index < -0.39 is 6.10 Å². The summed E-state index contributed by atoms with van der Waals surface area (Å²) in [6, 6.07) is 4.88. The molecule has 1 unspecified atom stereocenters. The number of anilines is 1. The number of rotatable bonds is 6. The Morgan fingerprint density at radius 2 is 2.28 bits per heavy atom. The van der Waals surface area contributed by atoms with Crippen LogP contribution in [-0.2, 0) is 9.53 Å². The number of hydrogen-bond donors (Lipinski definition) is 1. The minimum absolute atomic E-state index is 0.247. The summed E-state index contributed by atoms with van der Waals surface area (Å²) in [5.41, 5.74) is 0.519. The lowest BCUT2D eigenvalue weighted by molar-refractivity contribution is -0.126. The van der Waals surface area contributed by atoms with Crippen LogP contribution in [0, 0.1) is 0 Å². The standard InChI is InChI=1S/C13H15Cl2NO2/c1-3-4-7-18-9(2)13(17)16-12-6-5-10(14)8-11(12)15/h3,5-6,8-9H,1,4,7H2,2H3,(H,16,17). The molecular weight excluding hydrogens is 273 g/mol. The molecule has 0 saturated heterocycles. The van der Waals surface area contributed by atoms with Crippen LogP contribution in [0.4, 0.5) is 5.69 Å². The highest BCUT2D eigenvalue weighted by Gasteiger charge is 2.14. The van der Waals surface area contributed by atoms with Gasteiger partial charge in [0.1, 0.15) is 6.10 Å². The lowest BCUT2D eigenvalue weighted by Gasteiger charge is -2.13. The van der Waals surface area contributed by atoms with E-state index in [9.17, 15) is 4.79 Å². The van der Waals surface area contributed by atoms with Crippen molar-refractivity contribution in [3.8, 4) is 0 Å². The van der Waals surface area contributed by atoms with Gasteiger partial charge in [-0.1, -0.05) is 29.3 Å². The lowest BCUT2D eigenvalue weighted by Crippen LogP contribution is -2.28. The summed E-state index contributed by atoms with van der Waals surface area (Å²) in [6.07, 6.45) is 1.90. The molecule has 1 aromatic carbocycles. The van der Waals surface area contributed by atoms with Gasteiger partial charge in [-0.05, 0) is 31.5 Å². The number of benzene rings is 1. The smallest absolute Gasteiger partial charge is 0.253 e. The maximum absolute atomic E-state index is 11.8. The van der Waals surface area contributed by atoms with Crippen LogP contribution in [0.15, 0.2) is 30.9 Å². The molecule has 0 bridgehead atoms. The summed E-state index contributed by atoms with van der Waals surface area (Å²) in [5, 5.41) is 3.60. The highest BCUT2D eigenvalue weighted by Crippen LogP contribution is 2.25. The number of nitrogens with one attached hydrogen (secondary N) is 1. The average Bonchev–Trinajstić information content (AvgIpc) is 2.32. The van der Waals surface area contributed by atoms with Crippen molar-refractivity contribution >= 4 is 34.8 Å². The quantitative estimate of drug-likeness (QED) is 0.636. The number of ether oxygens (including phenoxy) is 1. The molecule has 1 amide bonds. The normalized spacial score (nSPS) is 11.9. The van der Waals surface area contributed by atoms with Gasteiger partial charge in [-0.25, -0.2) is 0 Å². The zero-order valence-electron chi connectivity index (χ0n) is 10.1. The van der Waals surface area contributed by atoms with E-state index in [1.807, 2.05) is 0 Å². The first-order valence-electron chi connectivity index (χ1n) is 5.53. The summed E-state index contributed by atoms with van der Waals surface area (Å²) >= 11 is 11.7. The summed E-state index contributed by atoms with van der Waals surface area (Å²) in [4.78, 5) is 11.8. The predicted octanol–water partition coefficient (Wildman–Crippen LogP) is 3.91. The molecule has 0 aliphatic heterocycles. The van der Waals surface area contributed by atoms with Gasteiger partial charge in [0.05, 0.1) is 17.3 Å². The van der Waals surface area contributed by atoms with Crippen molar-refractivity contribution in [3.05, 3.63) is 40.9 Å². The van der Waals surface area contributed by atoms with Gasteiger partial charge in [-0.15, -0.1) is 6.58 Å². The van der Waals surface area contributed by atoms with Crippen molar-refractivity contribution in [3.63, 3.8) is 0 Å². The van der Waals surface area contributed by atoms with Gasteiger partial charge in [-0.2, -0.15) is 0 Å². The van der Waals surface area contributed by atoms with E-state index in [0.717, 1.165) is 0 Å². The highest BCUT2D eigenvalue weighted by atomic mass is 35.5. The van der Waals surface area contributed by atoms with E-state index in [0.29, 0.717) is 28.8 Å². The van der Waals surface area contributed by atoms with Crippen molar-refractivity contribution < 1.29 is 9.53 Å². The van der Waals surface area contributed by atoms with Crippen molar-refractivity contribution in [1.82, 2.24) is 0 Å². The maximum atomic E-state index is 11.8. The summed E-state index contributed by atoms with van der Waals surface area (Å²) in [6.45, 7) is 5.73. The number of hydrogen-bond acceptors (Lipinski definition) is 2. The third-order valence-electron chi connectivity index (χ3n) is 2.25. The summed E-state index contributed by atoms with van der Waals surface area (Å²) < 4.78 is 5.33. The van der Waals surface area contributed by atoms with E-state index >= 15 is 0 Å². The number of carbonyl (C=O) groups excluding carboxylic acids is 1. The van der Waals surface area contributed by atoms with Crippen LogP contribution in [0.2, 0.25) is 10.0 Å². The fraction of sp³-hybridized carbons (Fsp3) is 0.308. The third-order valence-corrected chi connectivity index (χ3v) is 2.80. The second kappa shape index (κ2) is 7.41.